The molecule has 8 nitrogen and oxygen atoms in total. The molecule has 0 spiro atoms. The third kappa shape index (κ3) is 3.54. The highest BCUT2D eigenvalue weighted by atomic mass is 19.1. The van der Waals surface area contributed by atoms with E-state index in [9.17, 15) is 14.6 Å². The van der Waals surface area contributed by atoms with Crippen molar-refractivity contribution in [2.75, 3.05) is 31.2 Å². The van der Waals surface area contributed by atoms with E-state index in [1.807, 2.05) is 4.90 Å². The van der Waals surface area contributed by atoms with Crippen molar-refractivity contribution < 1.29 is 33.2 Å². The number of β-amino-alcohol motifs (C(OH)–C–C–N with tert-alkyl or cyclic N) is 1. The van der Waals surface area contributed by atoms with Crippen molar-refractivity contribution in [1.29, 1.82) is 0 Å². The summed E-state index contributed by atoms with van der Waals surface area (Å²) in [6.07, 6.45) is -1.80. The fourth-order valence-electron chi connectivity index (χ4n) is 4.88. The number of nitrogens with one attached hydrogen (secondary N) is 1. The number of rotatable bonds is 4. The van der Waals surface area contributed by atoms with E-state index in [1.54, 1.807) is 24.3 Å². The van der Waals surface area contributed by atoms with E-state index < -0.39 is 36.1 Å². The summed E-state index contributed by atoms with van der Waals surface area (Å²) in [5, 5.41) is 19.6. The molecule has 174 valence electrons. The molecule has 0 saturated carbocycles. The average molecular weight is 459 g/mol. The zero-order valence-electron chi connectivity index (χ0n) is 17.6. The fourth-order valence-corrected chi connectivity index (χ4v) is 4.88. The van der Waals surface area contributed by atoms with Gasteiger partial charge < -0.3 is 34.3 Å². The van der Waals surface area contributed by atoms with E-state index in [-0.39, 0.29) is 41.9 Å². The first-order valence-electron chi connectivity index (χ1n) is 11.0. The van der Waals surface area contributed by atoms with Crippen molar-refractivity contribution >= 4 is 16.7 Å². The van der Waals surface area contributed by atoms with E-state index >= 15 is 4.39 Å². The lowest BCUT2D eigenvalue weighted by molar-refractivity contribution is 0.00706. The minimum Gasteiger partial charge on any atom is -0.456 e. The van der Waals surface area contributed by atoms with Crippen LogP contribution in [0, 0.1) is 11.6 Å². The van der Waals surface area contributed by atoms with E-state index in [4.69, 9.17) is 14.2 Å². The van der Waals surface area contributed by atoms with Gasteiger partial charge in [0.25, 0.3) is 6.01 Å². The van der Waals surface area contributed by atoms with Crippen LogP contribution in [0.15, 0.2) is 30.3 Å². The first-order chi connectivity index (χ1) is 16.0. The Labute approximate surface area is 187 Å². The Morgan fingerprint density at radius 1 is 1.09 bits per heavy atom. The van der Waals surface area contributed by atoms with Gasteiger partial charge in [0, 0.05) is 24.8 Å². The van der Waals surface area contributed by atoms with Gasteiger partial charge in [-0.25, -0.2) is 8.78 Å². The molecule has 4 heterocycles. The topological polar surface area (TPSA) is 100 Å². The van der Waals surface area contributed by atoms with Crippen molar-refractivity contribution in [2.45, 2.75) is 36.9 Å². The Morgan fingerprint density at radius 2 is 1.88 bits per heavy atom. The summed E-state index contributed by atoms with van der Waals surface area (Å²) >= 11 is 0. The van der Waals surface area contributed by atoms with Crippen LogP contribution in [-0.4, -0.2) is 77.0 Å². The average Bonchev–Trinajstić information content (AvgIpc) is 3.56. The molecule has 0 bridgehead atoms. The number of halogens is 2. The predicted octanol–water partition coefficient (Wildman–Crippen LogP) is 1.98. The summed E-state index contributed by atoms with van der Waals surface area (Å²) in [5.41, 5.74) is 1.26. The number of fused-ring (bicyclic) bond motifs is 2. The number of aliphatic hydroxyl groups is 2. The maximum absolute atomic E-state index is 15.4. The Kier molecular flexibility index (Phi) is 4.98. The van der Waals surface area contributed by atoms with Crippen LogP contribution in [0.3, 0.4) is 0 Å². The number of hydrogen-bond donors (Lipinski definition) is 3. The zero-order chi connectivity index (χ0) is 22.7. The number of aromatic nitrogens is 2. The molecule has 33 heavy (non-hydrogen) atoms. The second-order valence-electron chi connectivity index (χ2n) is 8.74. The number of hydrogen-bond acceptors (Lipinski definition) is 7. The van der Waals surface area contributed by atoms with Crippen LogP contribution in [0.2, 0.25) is 0 Å². The zero-order valence-corrected chi connectivity index (χ0v) is 17.6. The molecule has 3 aliphatic heterocycles. The van der Waals surface area contributed by atoms with E-state index in [2.05, 4.69) is 9.97 Å². The molecule has 3 saturated heterocycles. The Morgan fingerprint density at radius 3 is 2.64 bits per heavy atom. The Balaban J connectivity index is 1.27. The SMILES string of the molecule is OC1CCN(c2ccc(-c3c(F)cc4[nH]c(OC5CO[C@@H]6C(O)CO[C@H]56)nc4c3F)cc2)C1. The lowest BCUT2D eigenvalue weighted by Crippen LogP contribution is -2.34. The predicted molar refractivity (Wildman–Crippen MR) is 114 cm³/mol. The first-order valence-corrected chi connectivity index (χ1v) is 11.0. The highest BCUT2D eigenvalue weighted by Crippen LogP contribution is 2.35. The lowest BCUT2D eigenvalue weighted by atomic mass is 10.0. The van der Waals surface area contributed by atoms with Gasteiger partial charge in [0.2, 0.25) is 0 Å². The summed E-state index contributed by atoms with van der Waals surface area (Å²) in [6, 6.07) is 8.14. The third-order valence-corrected chi connectivity index (χ3v) is 6.58. The second-order valence-corrected chi connectivity index (χ2v) is 8.74. The molecular weight excluding hydrogens is 436 g/mol. The van der Waals surface area contributed by atoms with Crippen LogP contribution in [0.1, 0.15) is 6.42 Å². The van der Waals surface area contributed by atoms with Gasteiger partial charge in [-0.15, -0.1) is 0 Å². The van der Waals surface area contributed by atoms with Gasteiger partial charge >= 0.3 is 0 Å². The van der Waals surface area contributed by atoms with Gasteiger partial charge in [0.15, 0.2) is 11.9 Å². The van der Waals surface area contributed by atoms with Gasteiger partial charge in [0.1, 0.15) is 29.6 Å². The van der Waals surface area contributed by atoms with Crippen LogP contribution in [-0.2, 0) is 9.47 Å². The summed E-state index contributed by atoms with van der Waals surface area (Å²) < 4.78 is 47.1. The van der Waals surface area contributed by atoms with E-state index in [1.165, 1.54) is 6.07 Å². The van der Waals surface area contributed by atoms with Crippen molar-refractivity contribution in [3.8, 4) is 17.1 Å². The van der Waals surface area contributed by atoms with Crippen molar-refractivity contribution in [3.63, 3.8) is 0 Å². The van der Waals surface area contributed by atoms with E-state index in [0.29, 0.717) is 18.5 Å². The second kappa shape index (κ2) is 7.91. The molecular formula is C23H23F2N3O5. The highest BCUT2D eigenvalue weighted by molar-refractivity contribution is 5.84. The molecule has 3 aromatic rings. The smallest absolute Gasteiger partial charge is 0.295 e. The van der Waals surface area contributed by atoms with Crippen molar-refractivity contribution in [3.05, 3.63) is 42.0 Å². The number of imidazole rings is 1. The summed E-state index contributed by atoms with van der Waals surface area (Å²) in [4.78, 5) is 9.04. The first kappa shape index (κ1) is 20.8. The highest BCUT2D eigenvalue weighted by Gasteiger charge is 2.48. The third-order valence-electron chi connectivity index (χ3n) is 6.58. The molecule has 1 aromatic heterocycles. The largest absolute Gasteiger partial charge is 0.456 e. The van der Waals surface area contributed by atoms with Crippen LogP contribution in [0.4, 0.5) is 14.5 Å². The Hall–Kier alpha value is -2.79. The van der Waals surface area contributed by atoms with Crippen molar-refractivity contribution in [1.82, 2.24) is 9.97 Å². The summed E-state index contributed by atoms with van der Waals surface area (Å²) in [7, 11) is 0. The Bertz CT molecular complexity index is 1190. The molecule has 0 amide bonds. The summed E-state index contributed by atoms with van der Waals surface area (Å²) in [5.74, 6) is -1.50. The standard InChI is InChI=1S/C23H23F2N3O5/c24-14-7-15-20(27-23(26-15)33-17-10-32-21-16(30)9-31-22(17)21)19(25)18(14)11-1-3-12(4-2-11)28-6-5-13(29)8-28/h1-4,7,13,16-17,21-22,29-30H,5-6,8-10H2,(H,26,27)/t13?,16?,17?,21-,22-/m1/s1. The van der Waals surface area contributed by atoms with Gasteiger partial charge in [-0.3, -0.25) is 0 Å². The number of aromatic amines is 1. The van der Waals surface area contributed by atoms with Crippen LogP contribution in [0.25, 0.3) is 22.2 Å². The van der Waals surface area contributed by atoms with Crippen LogP contribution >= 0.6 is 0 Å². The van der Waals surface area contributed by atoms with Gasteiger partial charge in [-0.1, -0.05) is 12.1 Å². The van der Waals surface area contributed by atoms with Crippen LogP contribution < -0.4 is 9.64 Å². The number of H-pyrrole nitrogens is 1. The van der Waals surface area contributed by atoms with Crippen molar-refractivity contribution in [2.24, 2.45) is 0 Å². The molecule has 0 aliphatic carbocycles. The summed E-state index contributed by atoms with van der Waals surface area (Å²) in [6.45, 7) is 1.65. The molecule has 3 fully saturated rings. The molecule has 3 N–H and O–H groups in total. The molecule has 3 unspecified atom stereocenters. The normalized spacial score (nSPS) is 29.2. The minimum atomic E-state index is -0.784. The van der Waals surface area contributed by atoms with Gasteiger partial charge in [-0.2, -0.15) is 4.98 Å². The van der Waals surface area contributed by atoms with E-state index in [0.717, 1.165) is 12.2 Å². The molecule has 2 aromatic carbocycles. The molecule has 5 atom stereocenters. The fraction of sp³-hybridized carbons (Fsp3) is 0.435. The van der Waals surface area contributed by atoms with Gasteiger partial charge in [-0.05, 0) is 24.1 Å². The van der Waals surface area contributed by atoms with Gasteiger partial charge in [0.05, 0.1) is 30.4 Å². The number of ether oxygens (including phenoxy) is 3. The number of benzene rings is 2. The monoisotopic (exact) mass is 459 g/mol. The lowest BCUT2D eigenvalue weighted by Gasteiger charge is -2.18. The minimum absolute atomic E-state index is 0.0302. The number of anilines is 1. The maximum Gasteiger partial charge on any atom is 0.295 e. The molecule has 10 heteroatoms. The molecule has 6 rings (SSSR count). The number of nitrogens with zero attached hydrogens (tertiary/aromatic N) is 2. The quantitative estimate of drug-likeness (QED) is 0.549. The maximum atomic E-state index is 15.4. The molecule has 0 radical (unpaired) electrons. The molecule has 3 aliphatic rings. The number of aliphatic hydroxyl groups excluding tert-OH is 2. The van der Waals surface area contributed by atoms with Crippen LogP contribution in [0.5, 0.6) is 6.01 Å².